The molecule has 2 saturated carbocycles. The molecule has 0 saturated heterocycles. The molecule has 0 amide bonds. The molecule has 35 heavy (non-hydrogen) atoms. The summed E-state index contributed by atoms with van der Waals surface area (Å²) in [5, 5.41) is 21.7. The summed E-state index contributed by atoms with van der Waals surface area (Å²) in [4.78, 5) is 12.4. The van der Waals surface area contributed by atoms with Crippen molar-refractivity contribution in [3.63, 3.8) is 0 Å². The SMILES string of the molecule is C=C1C(=CC=C2CCC[C@]3(C)C(CC)=CC[C@@H]23)C[C@](O)(OCC(=O)OC(C)(C)CCCC)CC1O. The zero-order chi connectivity index (χ0) is 25.9. The molecule has 0 aliphatic heterocycles. The van der Waals surface area contributed by atoms with E-state index in [2.05, 4.69) is 39.5 Å². The normalized spacial score (nSPS) is 33.7. The lowest BCUT2D eigenvalue weighted by Crippen LogP contribution is -2.43. The molecule has 0 aromatic rings. The van der Waals surface area contributed by atoms with Crippen molar-refractivity contribution in [2.75, 3.05) is 6.61 Å². The number of aliphatic hydroxyl groups excluding tert-OH is 1. The van der Waals surface area contributed by atoms with Gasteiger partial charge in [0, 0.05) is 12.8 Å². The second-order valence-electron chi connectivity index (χ2n) is 11.6. The third-order valence-corrected chi connectivity index (χ3v) is 8.37. The van der Waals surface area contributed by atoms with Crippen LogP contribution in [0.3, 0.4) is 0 Å². The number of esters is 1. The van der Waals surface area contributed by atoms with Crippen LogP contribution < -0.4 is 0 Å². The molecular formula is C30H46O5. The van der Waals surface area contributed by atoms with Crippen LogP contribution in [0.2, 0.25) is 0 Å². The van der Waals surface area contributed by atoms with Crippen LogP contribution in [-0.2, 0) is 14.3 Å². The summed E-state index contributed by atoms with van der Waals surface area (Å²) in [7, 11) is 0. The van der Waals surface area contributed by atoms with Crippen LogP contribution in [0.5, 0.6) is 0 Å². The standard InChI is InChI=1S/C30H46O5/c1-7-9-16-28(4,5)35-27(32)20-34-30(33)18-23(21(3)26(31)19-30)13-12-22-11-10-17-29(6)24(8-2)14-15-25(22)29/h12-14,25-26,31,33H,3,7-11,15-20H2,1-2,4-6H3/t25-,26?,29+,30-/m0/s1. The van der Waals surface area contributed by atoms with E-state index in [1.165, 1.54) is 18.4 Å². The Morgan fingerprint density at radius 2 is 2.06 bits per heavy atom. The predicted octanol–water partition coefficient (Wildman–Crippen LogP) is 6.31. The number of carbonyl (C=O) groups excluding carboxylic acids is 1. The third kappa shape index (κ3) is 6.55. The molecule has 0 heterocycles. The maximum atomic E-state index is 12.4. The van der Waals surface area contributed by atoms with Gasteiger partial charge in [0.25, 0.3) is 0 Å². The first kappa shape index (κ1) is 27.9. The van der Waals surface area contributed by atoms with Crippen LogP contribution in [0.25, 0.3) is 0 Å². The molecular weight excluding hydrogens is 440 g/mol. The van der Waals surface area contributed by atoms with Crippen molar-refractivity contribution in [3.05, 3.63) is 47.1 Å². The molecule has 0 radical (unpaired) electrons. The zero-order valence-corrected chi connectivity index (χ0v) is 22.5. The molecule has 1 unspecified atom stereocenters. The van der Waals surface area contributed by atoms with Crippen LogP contribution in [0.1, 0.15) is 98.8 Å². The van der Waals surface area contributed by atoms with Crippen molar-refractivity contribution in [2.24, 2.45) is 11.3 Å². The quantitative estimate of drug-likeness (QED) is 0.227. The lowest BCUT2D eigenvalue weighted by Gasteiger charge is -2.41. The number of unbranched alkanes of at least 4 members (excludes halogenated alkanes) is 1. The molecule has 0 aromatic carbocycles. The molecule has 3 rings (SSSR count). The minimum atomic E-state index is -1.64. The molecule has 4 atom stereocenters. The number of aliphatic hydroxyl groups is 2. The van der Waals surface area contributed by atoms with Gasteiger partial charge in [0.15, 0.2) is 5.79 Å². The lowest BCUT2D eigenvalue weighted by atomic mass is 9.64. The fourth-order valence-electron chi connectivity index (χ4n) is 6.24. The topological polar surface area (TPSA) is 76.0 Å². The molecule has 196 valence electrons. The third-order valence-electron chi connectivity index (χ3n) is 8.37. The number of rotatable bonds is 9. The van der Waals surface area contributed by atoms with Gasteiger partial charge in [-0.05, 0) is 81.3 Å². The van der Waals surface area contributed by atoms with E-state index < -0.39 is 23.5 Å². The van der Waals surface area contributed by atoms with Crippen LogP contribution in [-0.4, -0.2) is 40.3 Å². The fraction of sp³-hybridized carbons (Fsp3) is 0.700. The molecule has 5 heteroatoms. The minimum Gasteiger partial charge on any atom is -0.458 e. The van der Waals surface area contributed by atoms with Crippen molar-refractivity contribution >= 4 is 5.97 Å². The van der Waals surface area contributed by atoms with Gasteiger partial charge >= 0.3 is 5.97 Å². The summed E-state index contributed by atoms with van der Waals surface area (Å²) >= 11 is 0. The van der Waals surface area contributed by atoms with Gasteiger partial charge in [-0.1, -0.05) is 63.1 Å². The van der Waals surface area contributed by atoms with Crippen molar-refractivity contribution in [1.82, 2.24) is 0 Å². The number of carbonyl (C=O) groups is 1. The van der Waals surface area contributed by atoms with E-state index in [1.807, 2.05) is 19.9 Å². The van der Waals surface area contributed by atoms with Crippen molar-refractivity contribution in [1.29, 1.82) is 0 Å². The van der Waals surface area contributed by atoms with Gasteiger partial charge in [0.2, 0.25) is 0 Å². The summed E-state index contributed by atoms with van der Waals surface area (Å²) in [6.45, 7) is 14.2. The van der Waals surface area contributed by atoms with Gasteiger partial charge in [-0.25, -0.2) is 4.79 Å². The molecule has 0 bridgehead atoms. The molecule has 2 fully saturated rings. The Balaban J connectivity index is 1.68. The molecule has 5 nitrogen and oxygen atoms in total. The largest absolute Gasteiger partial charge is 0.458 e. The average molecular weight is 487 g/mol. The van der Waals surface area contributed by atoms with Gasteiger partial charge in [0.05, 0.1) is 6.10 Å². The number of hydrogen-bond donors (Lipinski definition) is 2. The molecule has 3 aliphatic rings. The fourth-order valence-corrected chi connectivity index (χ4v) is 6.24. The Hall–Kier alpha value is -1.69. The summed E-state index contributed by atoms with van der Waals surface area (Å²) in [5.74, 6) is -1.62. The van der Waals surface area contributed by atoms with E-state index in [4.69, 9.17) is 9.47 Å². The van der Waals surface area contributed by atoms with Crippen molar-refractivity contribution in [2.45, 2.75) is 116 Å². The lowest BCUT2D eigenvalue weighted by molar-refractivity contribution is -0.228. The maximum absolute atomic E-state index is 12.4. The number of hydrogen-bond acceptors (Lipinski definition) is 5. The van der Waals surface area contributed by atoms with E-state index in [0.29, 0.717) is 11.5 Å². The Morgan fingerprint density at radius 1 is 1.31 bits per heavy atom. The predicted molar refractivity (Wildman–Crippen MR) is 140 cm³/mol. The minimum absolute atomic E-state index is 0.0171. The van der Waals surface area contributed by atoms with Crippen molar-refractivity contribution < 1.29 is 24.5 Å². The number of allylic oxidation sites excluding steroid dienone is 5. The first-order valence-corrected chi connectivity index (χ1v) is 13.5. The zero-order valence-electron chi connectivity index (χ0n) is 22.5. The van der Waals surface area contributed by atoms with Gasteiger partial charge in [-0.2, -0.15) is 0 Å². The second kappa shape index (κ2) is 11.1. The van der Waals surface area contributed by atoms with Gasteiger partial charge in [-0.15, -0.1) is 0 Å². The highest BCUT2D eigenvalue weighted by Gasteiger charge is 2.44. The highest BCUT2D eigenvalue weighted by atomic mass is 16.6. The van der Waals surface area contributed by atoms with E-state index in [1.54, 1.807) is 5.57 Å². The van der Waals surface area contributed by atoms with Crippen LogP contribution in [0.4, 0.5) is 0 Å². The summed E-state index contributed by atoms with van der Waals surface area (Å²) < 4.78 is 11.2. The monoisotopic (exact) mass is 486 g/mol. The Labute approximate surface area is 212 Å². The number of ether oxygens (including phenoxy) is 2. The van der Waals surface area contributed by atoms with E-state index in [9.17, 15) is 15.0 Å². The smallest absolute Gasteiger partial charge is 0.332 e. The number of fused-ring (bicyclic) bond motifs is 1. The van der Waals surface area contributed by atoms with Gasteiger partial charge in [-0.3, -0.25) is 0 Å². The van der Waals surface area contributed by atoms with E-state index >= 15 is 0 Å². The van der Waals surface area contributed by atoms with Crippen LogP contribution in [0, 0.1) is 11.3 Å². The summed E-state index contributed by atoms with van der Waals surface area (Å²) in [5.41, 5.74) is 4.06. The molecule has 0 spiro atoms. The average Bonchev–Trinajstić information content (AvgIpc) is 3.14. The van der Waals surface area contributed by atoms with Gasteiger partial charge in [0.1, 0.15) is 12.2 Å². The van der Waals surface area contributed by atoms with Crippen LogP contribution >= 0.6 is 0 Å². The second-order valence-corrected chi connectivity index (χ2v) is 11.6. The van der Waals surface area contributed by atoms with E-state index in [-0.39, 0.29) is 24.9 Å². The Kier molecular flexibility index (Phi) is 8.88. The highest BCUT2D eigenvalue weighted by molar-refractivity contribution is 5.71. The Bertz CT molecular complexity index is 894. The molecule has 3 aliphatic carbocycles. The molecule has 0 aromatic heterocycles. The first-order chi connectivity index (χ1) is 16.4. The molecule has 2 N–H and O–H groups in total. The van der Waals surface area contributed by atoms with Gasteiger partial charge < -0.3 is 19.7 Å². The van der Waals surface area contributed by atoms with Crippen molar-refractivity contribution in [3.8, 4) is 0 Å². The van der Waals surface area contributed by atoms with E-state index in [0.717, 1.165) is 44.1 Å². The Morgan fingerprint density at radius 3 is 2.74 bits per heavy atom. The van der Waals surface area contributed by atoms with Crippen LogP contribution in [0.15, 0.2) is 47.1 Å². The maximum Gasteiger partial charge on any atom is 0.332 e. The first-order valence-electron chi connectivity index (χ1n) is 13.5. The highest BCUT2D eigenvalue weighted by Crippen LogP contribution is 2.55. The summed E-state index contributed by atoms with van der Waals surface area (Å²) in [6.07, 6.45) is 14.3. The summed E-state index contributed by atoms with van der Waals surface area (Å²) in [6, 6.07) is 0.